The Bertz CT molecular complexity index is 584. The molecule has 1 aromatic heterocycles. The first kappa shape index (κ1) is 15.0. The molecule has 0 aliphatic rings. The van der Waals surface area contributed by atoms with E-state index in [0.717, 1.165) is 12.0 Å². The minimum atomic E-state index is 0.336. The second-order valence-corrected chi connectivity index (χ2v) is 4.92. The van der Waals surface area contributed by atoms with Gasteiger partial charge in [0, 0.05) is 10.6 Å². The topological polar surface area (TPSA) is 60.5 Å². The van der Waals surface area contributed by atoms with Crippen LogP contribution < -0.4 is 0 Å². The van der Waals surface area contributed by atoms with Crippen LogP contribution in [0.4, 0.5) is 0 Å². The summed E-state index contributed by atoms with van der Waals surface area (Å²) >= 11 is 9.16. The fraction of sp³-hybridized carbons (Fsp3) is 0.308. The Balaban J connectivity index is 2.18. The van der Waals surface area contributed by atoms with Crippen molar-refractivity contribution in [3.63, 3.8) is 0 Å². The monoisotopic (exact) mass is 357 g/mol. The van der Waals surface area contributed by atoms with Gasteiger partial charge in [-0.15, -0.1) is 10.2 Å². The molecule has 7 heteroatoms. The summed E-state index contributed by atoms with van der Waals surface area (Å²) < 4.78 is 5.59. The van der Waals surface area contributed by atoms with Crippen molar-refractivity contribution in [3.05, 3.63) is 35.2 Å². The average Bonchev–Trinajstić information content (AvgIpc) is 2.94. The maximum Gasteiger partial charge on any atom is 0.266 e. The summed E-state index contributed by atoms with van der Waals surface area (Å²) in [7, 11) is 0. The van der Waals surface area contributed by atoms with Gasteiger partial charge in [0.05, 0.1) is 5.33 Å². The van der Waals surface area contributed by atoms with E-state index in [-0.39, 0.29) is 0 Å². The highest BCUT2D eigenvalue weighted by Crippen LogP contribution is 2.20. The Kier molecular flexibility index (Phi) is 5.55. The van der Waals surface area contributed by atoms with Crippen molar-refractivity contribution < 1.29 is 9.25 Å². The highest BCUT2D eigenvalue weighted by atomic mass is 79.9. The molecule has 0 aliphatic heterocycles. The number of nitrogens with zero attached hydrogens (tertiary/aromatic N) is 3. The third-order valence-electron chi connectivity index (χ3n) is 2.36. The number of alkyl halides is 1. The Labute approximate surface area is 130 Å². The lowest BCUT2D eigenvalue weighted by Gasteiger charge is -1.98. The maximum atomic E-state index is 5.84. The first-order valence-electron chi connectivity index (χ1n) is 6.09. The molecule has 0 fully saturated rings. The van der Waals surface area contributed by atoms with Crippen molar-refractivity contribution in [2.75, 3.05) is 11.9 Å². The standard InChI is InChI=1S/C13H13BrClN3O2/c1-2-7-19-18-11(8-14)13-17-16-12(20-13)9-3-5-10(15)6-4-9/h3-6H,2,7-8H2,1H3/b18-11+. The van der Waals surface area contributed by atoms with Gasteiger partial charge in [-0.3, -0.25) is 0 Å². The van der Waals surface area contributed by atoms with Gasteiger partial charge in [-0.25, -0.2) is 0 Å². The van der Waals surface area contributed by atoms with Crippen LogP contribution in [-0.2, 0) is 4.84 Å². The van der Waals surface area contributed by atoms with Crippen molar-refractivity contribution in [1.29, 1.82) is 0 Å². The minimum Gasteiger partial charge on any atom is -0.415 e. The first-order chi connectivity index (χ1) is 9.74. The predicted molar refractivity (Wildman–Crippen MR) is 81.3 cm³/mol. The van der Waals surface area contributed by atoms with E-state index in [1.165, 1.54) is 0 Å². The highest BCUT2D eigenvalue weighted by Gasteiger charge is 2.14. The Hall–Kier alpha value is -1.40. The van der Waals surface area contributed by atoms with Crippen LogP contribution in [0.5, 0.6) is 0 Å². The van der Waals surface area contributed by atoms with E-state index < -0.39 is 0 Å². The van der Waals surface area contributed by atoms with Gasteiger partial charge in [0.2, 0.25) is 5.89 Å². The highest BCUT2D eigenvalue weighted by molar-refractivity contribution is 9.09. The number of halogens is 2. The number of aromatic nitrogens is 2. The van der Waals surface area contributed by atoms with Crippen LogP contribution in [0.3, 0.4) is 0 Å². The van der Waals surface area contributed by atoms with Gasteiger partial charge in [0.25, 0.3) is 5.89 Å². The average molecular weight is 359 g/mol. The summed E-state index contributed by atoms with van der Waals surface area (Å²) in [5.74, 6) is 0.753. The third-order valence-corrected chi connectivity index (χ3v) is 3.14. The normalized spacial score (nSPS) is 11.7. The van der Waals surface area contributed by atoms with Crippen LogP contribution in [0.1, 0.15) is 19.2 Å². The molecule has 0 saturated heterocycles. The van der Waals surface area contributed by atoms with Crippen molar-refractivity contribution in [2.24, 2.45) is 5.16 Å². The zero-order valence-electron chi connectivity index (χ0n) is 10.8. The quantitative estimate of drug-likeness (QED) is 0.340. The number of rotatable bonds is 6. The summed E-state index contributed by atoms with van der Waals surface area (Å²) in [6, 6.07) is 7.17. The van der Waals surface area contributed by atoms with Crippen LogP contribution >= 0.6 is 27.5 Å². The summed E-state index contributed by atoms with van der Waals surface area (Å²) in [6.45, 7) is 2.56. The van der Waals surface area contributed by atoms with Gasteiger partial charge >= 0.3 is 0 Å². The van der Waals surface area contributed by atoms with E-state index >= 15 is 0 Å². The Morgan fingerprint density at radius 2 is 2.10 bits per heavy atom. The number of benzene rings is 1. The SMILES string of the molecule is CCCO/N=C(\CBr)c1nnc(-c2ccc(Cl)cc2)o1. The third kappa shape index (κ3) is 3.80. The molecule has 0 bridgehead atoms. The second-order valence-electron chi connectivity index (χ2n) is 3.92. The molecule has 1 heterocycles. The zero-order chi connectivity index (χ0) is 14.4. The molecule has 0 saturated carbocycles. The predicted octanol–water partition coefficient (Wildman–Crippen LogP) is 3.92. The molecule has 0 amide bonds. The molecule has 20 heavy (non-hydrogen) atoms. The molecule has 0 atom stereocenters. The van der Waals surface area contributed by atoms with Gasteiger partial charge in [0.1, 0.15) is 6.61 Å². The molecule has 5 nitrogen and oxygen atoms in total. The summed E-state index contributed by atoms with van der Waals surface area (Å²) in [4.78, 5) is 5.13. The molecule has 106 valence electrons. The number of oxime groups is 1. The fourth-order valence-electron chi connectivity index (χ4n) is 1.38. The van der Waals surface area contributed by atoms with Gasteiger partial charge in [-0.05, 0) is 30.7 Å². The van der Waals surface area contributed by atoms with E-state index in [4.69, 9.17) is 20.9 Å². The molecule has 2 rings (SSSR count). The van der Waals surface area contributed by atoms with Crippen molar-refractivity contribution in [1.82, 2.24) is 10.2 Å². The molecule has 0 unspecified atom stereocenters. The molecule has 0 spiro atoms. The van der Waals surface area contributed by atoms with Crippen molar-refractivity contribution in [2.45, 2.75) is 13.3 Å². The molecule has 0 aliphatic carbocycles. The van der Waals surface area contributed by atoms with E-state index in [1.807, 2.05) is 19.1 Å². The first-order valence-corrected chi connectivity index (χ1v) is 7.59. The molecular weight excluding hydrogens is 346 g/mol. The van der Waals surface area contributed by atoms with Gasteiger partial charge in [0.15, 0.2) is 5.71 Å². The van der Waals surface area contributed by atoms with Crippen LogP contribution in [0.2, 0.25) is 5.02 Å². The lowest BCUT2D eigenvalue weighted by molar-refractivity contribution is 0.144. The van der Waals surface area contributed by atoms with E-state index in [1.54, 1.807) is 12.1 Å². The van der Waals surface area contributed by atoms with Gasteiger partial charge in [-0.1, -0.05) is 39.6 Å². The summed E-state index contributed by atoms with van der Waals surface area (Å²) in [5, 5.41) is 13.1. The van der Waals surface area contributed by atoms with E-state index in [9.17, 15) is 0 Å². The zero-order valence-corrected chi connectivity index (χ0v) is 13.2. The molecular formula is C13H13BrClN3O2. The summed E-state index contributed by atoms with van der Waals surface area (Å²) in [5.41, 5.74) is 1.36. The van der Waals surface area contributed by atoms with Crippen LogP contribution in [0, 0.1) is 0 Å². The molecule has 0 radical (unpaired) electrons. The minimum absolute atomic E-state index is 0.336. The lowest BCUT2D eigenvalue weighted by atomic mass is 10.2. The number of hydrogen-bond acceptors (Lipinski definition) is 5. The van der Waals surface area contributed by atoms with Crippen molar-refractivity contribution >= 4 is 33.2 Å². The van der Waals surface area contributed by atoms with Crippen LogP contribution in [-0.4, -0.2) is 27.8 Å². The Morgan fingerprint density at radius 3 is 2.75 bits per heavy atom. The largest absolute Gasteiger partial charge is 0.415 e. The van der Waals surface area contributed by atoms with E-state index in [2.05, 4.69) is 31.3 Å². The second kappa shape index (κ2) is 7.40. The Morgan fingerprint density at radius 1 is 1.35 bits per heavy atom. The van der Waals surface area contributed by atoms with Crippen LogP contribution in [0.25, 0.3) is 11.5 Å². The smallest absolute Gasteiger partial charge is 0.266 e. The van der Waals surface area contributed by atoms with Crippen molar-refractivity contribution in [3.8, 4) is 11.5 Å². The molecule has 2 aromatic rings. The fourth-order valence-corrected chi connectivity index (χ4v) is 1.85. The van der Waals surface area contributed by atoms with Crippen LogP contribution in [0.15, 0.2) is 33.8 Å². The maximum absolute atomic E-state index is 5.84. The number of hydrogen-bond donors (Lipinski definition) is 0. The molecule has 0 N–H and O–H groups in total. The van der Waals surface area contributed by atoms with Gasteiger partial charge < -0.3 is 9.25 Å². The van der Waals surface area contributed by atoms with E-state index in [0.29, 0.717) is 34.5 Å². The molecule has 1 aromatic carbocycles. The lowest BCUT2D eigenvalue weighted by Crippen LogP contribution is -2.04. The summed E-state index contributed by atoms with van der Waals surface area (Å²) in [6.07, 6.45) is 0.888. The van der Waals surface area contributed by atoms with Gasteiger partial charge in [-0.2, -0.15) is 0 Å².